The molecule has 0 radical (unpaired) electrons. The maximum Gasteiger partial charge on any atom is 0.323 e. The van der Waals surface area contributed by atoms with E-state index in [-0.39, 0.29) is 11.9 Å². The zero-order valence-electron chi connectivity index (χ0n) is 24.3. The predicted octanol–water partition coefficient (Wildman–Crippen LogP) is 3.24. The van der Waals surface area contributed by atoms with Gasteiger partial charge in [-0.3, -0.25) is 4.79 Å². The molecule has 0 bridgehead atoms. The topological polar surface area (TPSA) is 142 Å². The van der Waals surface area contributed by atoms with Crippen molar-refractivity contribution >= 4 is 40.3 Å². The number of hydrogen-bond donors (Lipinski definition) is 3. The summed E-state index contributed by atoms with van der Waals surface area (Å²) in [6.07, 6.45) is 0. The van der Waals surface area contributed by atoms with Crippen molar-refractivity contribution in [3.05, 3.63) is 54.1 Å². The summed E-state index contributed by atoms with van der Waals surface area (Å²) in [7, 11) is 3.90. The van der Waals surface area contributed by atoms with Gasteiger partial charge in [0.25, 0.3) is 5.91 Å². The molecule has 1 saturated heterocycles. The fourth-order valence-corrected chi connectivity index (χ4v) is 4.48. The van der Waals surface area contributed by atoms with Crippen LogP contribution in [0.4, 0.5) is 22.0 Å². The van der Waals surface area contributed by atoms with Crippen LogP contribution in [0.5, 0.6) is 0 Å². The summed E-state index contributed by atoms with van der Waals surface area (Å²) in [6, 6.07) is 13.8. The van der Waals surface area contributed by atoms with Gasteiger partial charge in [-0.25, -0.2) is 19.4 Å². The zero-order chi connectivity index (χ0) is 29.6. The minimum absolute atomic E-state index is 0.0850. The van der Waals surface area contributed by atoms with Gasteiger partial charge >= 0.3 is 6.03 Å². The number of carbonyl (C=O) groups is 2. The third-order valence-corrected chi connectivity index (χ3v) is 6.76. The number of aromatic nitrogens is 5. The number of morpholine rings is 1. The Kier molecular flexibility index (Phi) is 8.88. The van der Waals surface area contributed by atoms with Crippen molar-refractivity contribution < 1.29 is 14.3 Å². The van der Waals surface area contributed by atoms with Gasteiger partial charge in [-0.15, -0.1) is 5.10 Å². The fraction of sp³-hybridized carbons (Fsp3) is 0.379. The van der Waals surface area contributed by atoms with E-state index >= 15 is 0 Å². The number of likely N-dealkylation sites (N-methyl/N-ethyl adjacent to an activating group) is 1. The van der Waals surface area contributed by atoms with E-state index in [9.17, 15) is 9.59 Å². The highest BCUT2D eigenvalue weighted by atomic mass is 16.5. The predicted molar refractivity (Wildman–Crippen MR) is 162 cm³/mol. The molecule has 3 amide bonds. The molecule has 13 heteroatoms. The Bertz CT molecular complexity index is 1530. The van der Waals surface area contributed by atoms with E-state index in [1.165, 1.54) is 0 Å². The number of urea groups is 1. The molecule has 1 aliphatic rings. The molecular weight excluding hydrogens is 536 g/mol. The lowest BCUT2D eigenvalue weighted by Crippen LogP contribution is -2.37. The number of hydrogen-bond acceptors (Lipinski definition) is 9. The van der Waals surface area contributed by atoms with E-state index in [1.807, 2.05) is 45.0 Å². The Hall–Kier alpha value is -4.62. The monoisotopic (exact) mass is 572 g/mol. The summed E-state index contributed by atoms with van der Waals surface area (Å²) in [5.41, 5.74) is 3.85. The minimum Gasteiger partial charge on any atom is -0.378 e. The van der Waals surface area contributed by atoms with Crippen LogP contribution in [0.3, 0.4) is 0 Å². The number of rotatable bonds is 9. The second kappa shape index (κ2) is 12.9. The highest BCUT2D eigenvalue weighted by Gasteiger charge is 2.22. The molecule has 4 aromatic rings. The second-order valence-electron chi connectivity index (χ2n) is 10.6. The van der Waals surface area contributed by atoms with Crippen LogP contribution in [0, 0.1) is 0 Å². The van der Waals surface area contributed by atoms with E-state index in [0.29, 0.717) is 66.8 Å². The second-order valence-corrected chi connectivity index (χ2v) is 10.6. The van der Waals surface area contributed by atoms with Crippen LogP contribution in [-0.2, 0) is 4.74 Å². The molecule has 0 aliphatic carbocycles. The van der Waals surface area contributed by atoms with Crippen molar-refractivity contribution in [3.8, 4) is 11.4 Å². The highest BCUT2D eigenvalue weighted by Crippen LogP contribution is 2.28. The Morgan fingerprint density at radius 1 is 0.952 bits per heavy atom. The minimum atomic E-state index is -0.398. The van der Waals surface area contributed by atoms with Gasteiger partial charge < -0.3 is 30.5 Å². The van der Waals surface area contributed by atoms with Gasteiger partial charge in [0.1, 0.15) is 0 Å². The molecule has 1 fully saturated rings. The smallest absolute Gasteiger partial charge is 0.323 e. The third-order valence-electron chi connectivity index (χ3n) is 6.76. The van der Waals surface area contributed by atoms with E-state index in [0.717, 1.165) is 17.9 Å². The summed E-state index contributed by atoms with van der Waals surface area (Å²) >= 11 is 0. The van der Waals surface area contributed by atoms with Crippen molar-refractivity contribution in [2.75, 3.05) is 69.0 Å². The van der Waals surface area contributed by atoms with Crippen molar-refractivity contribution in [2.24, 2.45) is 0 Å². The first-order chi connectivity index (χ1) is 20.3. The van der Waals surface area contributed by atoms with Crippen molar-refractivity contribution in [2.45, 2.75) is 19.9 Å². The van der Waals surface area contributed by atoms with Gasteiger partial charge in [-0.1, -0.05) is 5.21 Å². The van der Waals surface area contributed by atoms with Crippen LogP contribution in [0.2, 0.25) is 0 Å². The molecule has 0 spiro atoms. The van der Waals surface area contributed by atoms with Crippen LogP contribution < -0.4 is 20.9 Å². The number of carbonyl (C=O) groups excluding carboxylic acids is 2. The zero-order valence-corrected chi connectivity index (χ0v) is 24.3. The normalized spacial score (nSPS) is 13.5. The summed E-state index contributed by atoms with van der Waals surface area (Å²) in [5, 5.41) is 17.2. The van der Waals surface area contributed by atoms with Gasteiger partial charge in [0.2, 0.25) is 0 Å². The quantitative estimate of drug-likeness (QED) is 0.275. The molecule has 0 unspecified atom stereocenters. The Balaban J connectivity index is 1.26. The van der Waals surface area contributed by atoms with Crippen molar-refractivity contribution in [1.29, 1.82) is 0 Å². The standard InChI is InChI=1S/C29H36N10O3/c1-19(2)39-27-24(35-36-39)26(38-15-17-42-18-16-38)33-25(34-27)20-5-9-22(10-6-20)31-29(41)32-23-11-7-21(8-12-23)28(40)30-13-14-37(3)4/h5-12,19H,13-18H2,1-4H3,(H,30,40)(H2,31,32,41). The number of benzene rings is 2. The summed E-state index contributed by atoms with van der Waals surface area (Å²) in [4.78, 5) is 38.7. The first kappa shape index (κ1) is 28.9. The van der Waals surface area contributed by atoms with Crippen LogP contribution in [0.25, 0.3) is 22.6 Å². The van der Waals surface area contributed by atoms with E-state index < -0.39 is 6.03 Å². The van der Waals surface area contributed by atoms with E-state index in [4.69, 9.17) is 14.7 Å². The fourth-order valence-electron chi connectivity index (χ4n) is 4.48. The van der Waals surface area contributed by atoms with Gasteiger partial charge in [-0.2, -0.15) is 0 Å². The molecule has 13 nitrogen and oxygen atoms in total. The van der Waals surface area contributed by atoms with Gasteiger partial charge in [0.05, 0.1) is 19.3 Å². The highest BCUT2D eigenvalue weighted by molar-refractivity contribution is 6.00. The molecule has 2 aromatic heterocycles. The molecule has 0 saturated carbocycles. The van der Waals surface area contributed by atoms with Gasteiger partial charge in [0, 0.05) is 48.7 Å². The summed E-state index contributed by atoms with van der Waals surface area (Å²) in [5.74, 6) is 1.14. The van der Waals surface area contributed by atoms with Crippen LogP contribution >= 0.6 is 0 Å². The average Bonchev–Trinajstić information content (AvgIpc) is 3.42. The first-order valence-corrected chi connectivity index (χ1v) is 14.0. The molecule has 5 rings (SSSR count). The maximum absolute atomic E-state index is 12.6. The molecule has 220 valence electrons. The van der Waals surface area contributed by atoms with Gasteiger partial charge in [0.15, 0.2) is 22.8 Å². The lowest BCUT2D eigenvalue weighted by atomic mass is 10.2. The molecule has 3 heterocycles. The maximum atomic E-state index is 12.6. The third kappa shape index (κ3) is 6.81. The number of anilines is 3. The van der Waals surface area contributed by atoms with E-state index in [2.05, 4.69) is 31.2 Å². The molecular formula is C29H36N10O3. The Morgan fingerprint density at radius 3 is 2.21 bits per heavy atom. The number of nitrogens with zero attached hydrogens (tertiary/aromatic N) is 7. The average molecular weight is 573 g/mol. The molecule has 3 N–H and O–H groups in total. The first-order valence-electron chi connectivity index (χ1n) is 14.0. The largest absolute Gasteiger partial charge is 0.378 e. The van der Waals surface area contributed by atoms with Crippen molar-refractivity contribution in [1.82, 2.24) is 35.2 Å². The van der Waals surface area contributed by atoms with Crippen LogP contribution in [0.1, 0.15) is 30.2 Å². The lowest BCUT2D eigenvalue weighted by molar-refractivity contribution is 0.0951. The molecule has 0 atom stereocenters. The van der Waals surface area contributed by atoms with Crippen LogP contribution in [-0.4, -0.2) is 95.3 Å². The molecule has 42 heavy (non-hydrogen) atoms. The van der Waals surface area contributed by atoms with Crippen LogP contribution in [0.15, 0.2) is 48.5 Å². The lowest BCUT2D eigenvalue weighted by Gasteiger charge is -2.28. The summed E-state index contributed by atoms with van der Waals surface area (Å²) in [6.45, 7) is 8.06. The van der Waals surface area contributed by atoms with E-state index in [1.54, 1.807) is 41.1 Å². The SMILES string of the molecule is CC(C)n1nnc2c(N3CCOCC3)nc(-c3ccc(NC(=O)Nc4ccc(C(=O)NCCN(C)C)cc4)cc3)nc21. The number of ether oxygens (including phenoxy) is 1. The number of amides is 3. The summed E-state index contributed by atoms with van der Waals surface area (Å²) < 4.78 is 7.32. The Morgan fingerprint density at radius 2 is 1.60 bits per heavy atom. The number of fused-ring (bicyclic) bond motifs is 1. The molecule has 1 aliphatic heterocycles. The molecule has 2 aromatic carbocycles. The van der Waals surface area contributed by atoms with Gasteiger partial charge in [-0.05, 0) is 76.5 Å². The van der Waals surface area contributed by atoms with Crippen molar-refractivity contribution in [3.63, 3.8) is 0 Å². The Labute approximate surface area is 244 Å². The number of nitrogens with one attached hydrogen (secondary N) is 3.